The van der Waals surface area contributed by atoms with Gasteiger partial charge in [-0.05, 0) is 19.1 Å². The molecule has 1 unspecified atom stereocenters. The molecule has 18 heavy (non-hydrogen) atoms. The number of aromatic amines is 1. The molecule has 1 amide bonds. The van der Waals surface area contributed by atoms with E-state index in [1.807, 2.05) is 0 Å². The number of hydrogen-bond donors (Lipinski definition) is 2. The topological polar surface area (TPSA) is 57.8 Å². The van der Waals surface area contributed by atoms with Crippen LogP contribution in [0.5, 0.6) is 0 Å². The van der Waals surface area contributed by atoms with Gasteiger partial charge in [0.05, 0.1) is 16.6 Å². The summed E-state index contributed by atoms with van der Waals surface area (Å²) in [5.74, 6) is -0.645. The Morgan fingerprint density at radius 1 is 1.56 bits per heavy atom. The highest BCUT2D eigenvalue weighted by Gasteiger charge is 2.17. The van der Waals surface area contributed by atoms with Crippen molar-refractivity contribution in [3.63, 3.8) is 0 Å². The van der Waals surface area contributed by atoms with Gasteiger partial charge in [0.15, 0.2) is 5.82 Å². The number of carbonyl (C=O) groups is 1. The van der Waals surface area contributed by atoms with Crippen LogP contribution in [0.15, 0.2) is 30.6 Å². The first kappa shape index (κ1) is 12.6. The molecule has 1 aromatic heterocycles. The van der Waals surface area contributed by atoms with Gasteiger partial charge in [0.1, 0.15) is 5.82 Å². The number of carbonyl (C=O) groups excluding carboxylic acids is 1. The minimum Gasteiger partial charge on any atom is -0.347 e. The first-order valence-electron chi connectivity index (χ1n) is 5.33. The monoisotopic (exact) mass is 267 g/mol. The molecule has 2 rings (SSSR count). The summed E-state index contributed by atoms with van der Waals surface area (Å²) < 4.78 is 13.6. The van der Waals surface area contributed by atoms with Gasteiger partial charge in [0, 0.05) is 12.4 Å². The van der Waals surface area contributed by atoms with Crippen molar-refractivity contribution in [1.82, 2.24) is 15.3 Å². The maximum Gasteiger partial charge on any atom is 0.254 e. The van der Waals surface area contributed by atoms with Gasteiger partial charge in [0.25, 0.3) is 5.91 Å². The summed E-state index contributed by atoms with van der Waals surface area (Å²) in [6.45, 7) is 1.75. The Labute approximate surface area is 108 Å². The van der Waals surface area contributed by atoms with Gasteiger partial charge in [-0.1, -0.05) is 17.7 Å². The van der Waals surface area contributed by atoms with Crippen molar-refractivity contribution >= 4 is 17.5 Å². The number of H-pyrrole nitrogens is 1. The second kappa shape index (κ2) is 5.18. The van der Waals surface area contributed by atoms with Crippen LogP contribution in [0.25, 0.3) is 0 Å². The van der Waals surface area contributed by atoms with Gasteiger partial charge in [0.2, 0.25) is 0 Å². The quantitative estimate of drug-likeness (QED) is 0.898. The Bertz CT molecular complexity index is 556. The fourth-order valence-electron chi connectivity index (χ4n) is 1.54. The summed E-state index contributed by atoms with van der Waals surface area (Å²) in [5.41, 5.74) is -0.0825. The summed E-state index contributed by atoms with van der Waals surface area (Å²) >= 11 is 5.62. The van der Waals surface area contributed by atoms with Gasteiger partial charge in [-0.3, -0.25) is 4.79 Å². The number of rotatable bonds is 3. The second-order valence-electron chi connectivity index (χ2n) is 3.77. The van der Waals surface area contributed by atoms with Crippen molar-refractivity contribution in [3.8, 4) is 0 Å². The molecule has 94 valence electrons. The fourth-order valence-corrected chi connectivity index (χ4v) is 1.71. The summed E-state index contributed by atoms with van der Waals surface area (Å²) in [4.78, 5) is 18.8. The molecule has 0 aliphatic rings. The zero-order chi connectivity index (χ0) is 13.1. The van der Waals surface area contributed by atoms with E-state index in [0.29, 0.717) is 5.82 Å². The average Bonchev–Trinajstić information content (AvgIpc) is 2.86. The maximum atomic E-state index is 13.6. The third-order valence-electron chi connectivity index (χ3n) is 2.47. The molecule has 0 saturated carbocycles. The summed E-state index contributed by atoms with van der Waals surface area (Å²) in [7, 11) is 0. The lowest BCUT2D eigenvalue weighted by Crippen LogP contribution is -2.28. The largest absolute Gasteiger partial charge is 0.347 e. The van der Waals surface area contributed by atoms with Gasteiger partial charge in [-0.2, -0.15) is 0 Å². The SMILES string of the molecule is CC(NC(=O)c1cccc(Cl)c1F)c1ncc[nH]1. The van der Waals surface area contributed by atoms with E-state index in [2.05, 4.69) is 15.3 Å². The van der Waals surface area contributed by atoms with Crippen molar-refractivity contribution in [1.29, 1.82) is 0 Å². The third-order valence-corrected chi connectivity index (χ3v) is 2.77. The van der Waals surface area contributed by atoms with Crippen molar-refractivity contribution in [3.05, 3.63) is 52.8 Å². The summed E-state index contributed by atoms with van der Waals surface area (Å²) in [6.07, 6.45) is 3.23. The molecule has 1 heterocycles. The normalized spacial score (nSPS) is 12.2. The smallest absolute Gasteiger partial charge is 0.254 e. The number of benzene rings is 1. The highest BCUT2D eigenvalue weighted by molar-refractivity contribution is 6.31. The van der Waals surface area contributed by atoms with Gasteiger partial charge < -0.3 is 10.3 Å². The molecular weight excluding hydrogens is 257 g/mol. The van der Waals surface area contributed by atoms with Crippen LogP contribution in [0.4, 0.5) is 4.39 Å². The van der Waals surface area contributed by atoms with Crippen molar-refractivity contribution in [2.24, 2.45) is 0 Å². The Balaban J connectivity index is 2.15. The van der Waals surface area contributed by atoms with E-state index in [9.17, 15) is 9.18 Å². The number of hydrogen-bond acceptors (Lipinski definition) is 2. The molecule has 0 spiro atoms. The molecule has 0 bridgehead atoms. The van der Waals surface area contributed by atoms with Crippen LogP contribution in [0.2, 0.25) is 5.02 Å². The molecule has 0 fully saturated rings. The number of amides is 1. The maximum absolute atomic E-state index is 13.6. The Morgan fingerprint density at radius 2 is 2.33 bits per heavy atom. The van der Waals surface area contributed by atoms with Crippen molar-refractivity contribution < 1.29 is 9.18 Å². The van der Waals surface area contributed by atoms with E-state index in [1.165, 1.54) is 18.2 Å². The fraction of sp³-hybridized carbons (Fsp3) is 0.167. The average molecular weight is 268 g/mol. The molecule has 6 heteroatoms. The van der Waals surface area contributed by atoms with Crippen molar-refractivity contribution in [2.75, 3.05) is 0 Å². The predicted octanol–water partition coefficient (Wildman–Crippen LogP) is 2.69. The second-order valence-corrected chi connectivity index (χ2v) is 4.18. The Morgan fingerprint density at radius 3 is 3.00 bits per heavy atom. The van der Waals surface area contributed by atoms with Crippen LogP contribution in [0.3, 0.4) is 0 Å². The van der Waals surface area contributed by atoms with Gasteiger partial charge >= 0.3 is 0 Å². The zero-order valence-corrected chi connectivity index (χ0v) is 10.3. The molecule has 0 aliphatic heterocycles. The van der Waals surface area contributed by atoms with Crippen LogP contribution in [0.1, 0.15) is 29.1 Å². The molecule has 0 radical (unpaired) electrons. The molecule has 4 nitrogen and oxygen atoms in total. The molecular formula is C12H11ClFN3O. The lowest BCUT2D eigenvalue weighted by Gasteiger charge is -2.12. The molecule has 2 aromatic rings. The number of nitrogens with one attached hydrogen (secondary N) is 2. The minimum absolute atomic E-state index is 0.0756. The number of halogens is 2. The number of imidazole rings is 1. The third kappa shape index (κ3) is 2.51. The summed E-state index contributed by atoms with van der Waals surface area (Å²) in [5, 5.41) is 2.56. The van der Waals surface area contributed by atoms with E-state index < -0.39 is 11.7 Å². The molecule has 0 saturated heterocycles. The highest BCUT2D eigenvalue weighted by Crippen LogP contribution is 2.18. The first-order valence-corrected chi connectivity index (χ1v) is 5.71. The Hall–Kier alpha value is -1.88. The van der Waals surface area contributed by atoms with Crippen LogP contribution < -0.4 is 5.32 Å². The molecule has 0 aliphatic carbocycles. The molecule has 1 atom stereocenters. The van der Waals surface area contributed by atoms with Crippen LogP contribution in [-0.2, 0) is 0 Å². The van der Waals surface area contributed by atoms with E-state index in [0.717, 1.165) is 0 Å². The van der Waals surface area contributed by atoms with Crippen LogP contribution in [0, 0.1) is 5.82 Å². The van der Waals surface area contributed by atoms with Crippen molar-refractivity contribution in [2.45, 2.75) is 13.0 Å². The standard InChI is InChI=1S/C12H11ClFN3O/c1-7(11-15-5-6-16-11)17-12(18)8-3-2-4-9(13)10(8)14/h2-7H,1H3,(H,15,16)(H,17,18). The summed E-state index contributed by atoms with van der Waals surface area (Å²) in [6, 6.07) is 3.96. The highest BCUT2D eigenvalue weighted by atomic mass is 35.5. The van der Waals surface area contributed by atoms with E-state index in [-0.39, 0.29) is 16.6 Å². The first-order chi connectivity index (χ1) is 8.59. The molecule has 2 N–H and O–H groups in total. The zero-order valence-electron chi connectivity index (χ0n) is 9.58. The van der Waals surface area contributed by atoms with E-state index in [1.54, 1.807) is 19.3 Å². The molecule has 1 aromatic carbocycles. The van der Waals surface area contributed by atoms with Gasteiger partial charge in [-0.15, -0.1) is 0 Å². The lowest BCUT2D eigenvalue weighted by atomic mass is 10.2. The van der Waals surface area contributed by atoms with E-state index >= 15 is 0 Å². The van der Waals surface area contributed by atoms with Crippen LogP contribution in [-0.4, -0.2) is 15.9 Å². The minimum atomic E-state index is -0.719. The van der Waals surface area contributed by atoms with Crippen LogP contribution >= 0.6 is 11.6 Å². The predicted molar refractivity (Wildman–Crippen MR) is 65.9 cm³/mol. The van der Waals surface area contributed by atoms with E-state index in [4.69, 9.17) is 11.6 Å². The number of nitrogens with zero attached hydrogens (tertiary/aromatic N) is 1. The number of aromatic nitrogens is 2. The lowest BCUT2D eigenvalue weighted by molar-refractivity contribution is 0.0934. The Kier molecular flexibility index (Phi) is 3.62. The van der Waals surface area contributed by atoms with Gasteiger partial charge in [-0.25, -0.2) is 9.37 Å².